The van der Waals surface area contributed by atoms with Crippen molar-refractivity contribution in [3.05, 3.63) is 58.6 Å². The molecule has 23 heavy (non-hydrogen) atoms. The summed E-state index contributed by atoms with van der Waals surface area (Å²) in [7, 11) is -3.74. The van der Waals surface area contributed by atoms with Gasteiger partial charge in [0.2, 0.25) is 15.9 Å². The molecule has 2 aromatic rings. The SMILES string of the molecule is Cc1ccc(S(=O)(=O)NCC(=O)Nc2ccccc2Cl)cc1C. The maximum Gasteiger partial charge on any atom is 0.241 e. The molecule has 2 rings (SSSR count). The largest absolute Gasteiger partial charge is 0.324 e. The molecule has 0 saturated carbocycles. The van der Waals surface area contributed by atoms with Gasteiger partial charge >= 0.3 is 0 Å². The third-order valence-electron chi connectivity index (χ3n) is 3.36. The summed E-state index contributed by atoms with van der Waals surface area (Å²) in [6, 6.07) is 11.5. The minimum absolute atomic E-state index is 0.131. The lowest BCUT2D eigenvalue weighted by molar-refractivity contribution is -0.115. The van der Waals surface area contributed by atoms with E-state index in [0.29, 0.717) is 10.7 Å². The summed E-state index contributed by atoms with van der Waals surface area (Å²) in [5, 5.41) is 2.94. The number of hydrogen-bond acceptors (Lipinski definition) is 3. The van der Waals surface area contributed by atoms with Crippen molar-refractivity contribution in [2.24, 2.45) is 0 Å². The zero-order valence-corrected chi connectivity index (χ0v) is 14.3. The Bertz CT molecular complexity index is 835. The number of sulfonamides is 1. The molecule has 0 unspecified atom stereocenters. The minimum atomic E-state index is -3.74. The van der Waals surface area contributed by atoms with Crippen LogP contribution in [-0.4, -0.2) is 20.9 Å². The van der Waals surface area contributed by atoms with E-state index in [1.165, 1.54) is 6.07 Å². The Morgan fingerprint density at radius 3 is 2.43 bits per heavy atom. The van der Waals surface area contributed by atoms with E-state index in [-0.39, 0.29) is 11.4 Å². The van der Waals surface area contributed by atoms with Crippen molar-refractivity contribution in [3.8, 4) is 0 Å². The molecule has 7 heteroatoms. The van der Waals surface area contributed by atoms with Crippen molar-refractivity contribution in [1.82, 2.24) is 4.72 Å². The Labute approximate surface area is 140 Å². The maximum atomic E-state index is 12.2. The van der Waals surface area contributed by atoms with Gasteiger partial charge in [0.05, 0.1) is 22.2 Å². The fourth-order valence-electron chi connectivity index (χ4n) is 1.88. The zero-order chi connectivity index (χ0) is 17.0. The predicted octanol–water partition coefficient (Wildman–Crippen LogP) is 2.87. The van der Waals surface area contributed by atoms with Gasteiger partial charge in [-0.1, -0.05) is 29.8 Å². The fourth-order valence-corrected chi connectivity index (χ4v) is 3.13. The molecule has 2 N–H and O–H groups in total. The van der Waals surface area contributed by atoms with Crippen LogP contribution in [0.2, 0.25) is 5.02 Å². The van der Waals surface area contributed by atoms with E-state index in [1.54, 1.807) is 36.4 Å². The molecule has 0 fully saturated rings. The summed E-state index contributed by atoms with van der Waals surface area (Å²) < 4.78 is 26.7. The molecule has 5 nitrogen and oxygen atoms in total. The van der Waals surface area contributed by atoms with E-state index >= 15 is 0 Å². The van der Waals surface area contributed by atoms with E-state index in [1.807, 2.05) is 13.8 Å². The lowest BCUT2D eigenvalue weighted by Gasteiger charge is -2.10. The van der Waals surface area contributed by atoms with Crippen LogP contribution in [0.1, 0.15) is 11.1 Å². The highest BCUT2D eigenvalue weighted by atomic mass is 35.5. The second kappa shape index (κ2) is 7.12. The van der Waals surface area contributed by atoms with Gasteiger partial charge in [0.15, 0.2) is 0 Å². The molecule has 0 atom stereocenters. The fraction of sp³-hybridized carbons (Fsp3) is 0.188. The third kappa shape index (κ3) is 4.54. The molecule has 0 aliphatic heterocycles. The second-order valence-electron chi connectivity index (χ2n) is 5.10. The second-order valence-corrected chi connectivity index (χ2v) is 7.27. The van der Waals surface area contributed by atoms with Gasteiger partial charge in [-0.3, -0.25) is 4.79 Å². The van der Waals surface area contributed by atoms with Crippen molar-refractivity contribution in [1.29, 1.82) is 0 Å². The number of carbonyl (C=O) groups is 1. The first-order valence-corrected chi connectivity index (χ1v) is 8.77. The number of hydrogen-bond donors (Lipinski definition) is 2. The van der Waals surface area contributed by atoms with Crippen LogP contribution < -0.4 is 10.0 Å². The van der Waals surface area contributed by atoms with Crippen LogP contribution in [0.25, 0.3) is 0 Å². The smallest absolute Gasteiger partial charge is 0.241 e. The average molecular weight is 353 g/mol. The summed E-state index contributed by atoms with van der Waals surface area (Å²) in [5.41, 5.74) is 2.30. The van der Waals surface area contributed by atoms with Crippen LogP contribution in [0.3, 0.4) is 0 Å². The minimum Gasteiger partial charge on any atom is -0.324 e. The number of nitrogens with one attached hydrogen (secondary N) is 2. The molecule has 0 heterocycles. The molecule has 0 aliphatic carbocycles. The van der Waals surface area contributed by atoms with Crippen LogP contribution in [-0.2, 0) is 14.8 Å². The summed E-state index contributed by atoms with van der Waals surface area (Å²) >= 11 is 5.93. The van der Waals surface area contributed by atoms with Gasteiger partial charge in [0, 0.05) is 0 Å². The Kier molecular flexibility index (Phi) is 5.41. The van der Waals surface area contributed by atoms with Crippen molar-refractivity contribution in [2.75, 3.05) is 11.9 Å². The van der Waals surface area contributed by atoms with Crippen LogP contribution in [0.5, 0.6) is 0 Å². The normalized spacial score (nSPS) is 11.3. The van der Waals surface area contributed by atoms with E-state index in [2.05, 4.69) is 10.0 Å². The van der Waals surface area contributed by atoms with Gasteiger partial charge in [-0.15, -0.1) is 0 Å². The summed E-state index contributed by atoms with van der Waals surface area (Å²) in [5.74, 6) is -0.495. The van der Waals surface area contributed by atoms with Crippen LogP contribution in [0.15, 0.2) is 47.4 Å². The van der Waals surface area contributed by atoms with Crippen molar-refractivity contribution < 1.29 is 13.2 Å². The molecule has 0 aromatic heterocycles. The predicted molar refractivity (Wildman–Crippen MR) is 91.2 cm³/mol. The van der Waals surface area contributed by atoms with Crippen molar-refractivity contribution >= 4 is 33.2 Å². The van der Waals surface area contributed by atoms with Gasteiger partial charge < -0.3 is 5.32 Å². The third-order valence-corrected chi connectivity index (χ3v) is 5.09. The summed E-state index contributed by atoms with van der Waals surface area (Å²) in [4.78, 5) is 12.0. The molecular weight excluding hydrogens is 336 g/mol. The number of halogens is 1. The highest BCUT2D eigenvalue weighted by molar-refractivity contribution is 7.89. The molecule has 0 radical (unpaired) electrons. The van der Waals surface area contributed by atoms with Crippen molar-refractivity contribution in [3.63, 3.8) is 0 Å². The topological polar surface area (TPSA) is 75.3 Å². The molecule has 2 aromatic carbocycles. The Balaban J connectivity index is 2.03. The van der Waals surface area contributed by atoms with E-state index in [0.717, 1.165) is 11.1 Å². The van der Waals surface area contributed by atoms with E-state index < -0.39 is 15.9 Å². The first kappa shape index (κ1) is 17.5. The number of para-hydroxylation sites is 1. The monoisotopic (exact) mass is 352 g/mol. The molecule has 0 spiro atoms. The van der Waals surface area contributed by atoms with E-state index in [9.17, 15) is 13.2 Å². The highest BCUT2D eigenvalue weighted by Gasteiger charge is 2.16. The molecule has 122 valence electrons. The summed E-state index contributed by atoms with van der Waals surface area (Å²) in [6.45, 7) is 3.36. The van der Waals surface area contributed by atoms with Gasteiger partial charge in [-0.2, -0.15) is 0 Å². The first-order chi connectivity index (χ1) is 10.8. The molecule has 1 amide bonds. The number of anilines is 1. The first-order valence-electron chi connectivity index (χ1n) is 6.91. The van der Waals surface area contributed by atoms with Crippen LogP contribution in [0, 0.1) is 13.8 Å². The average Bonchev–Trinajstić information content (AvgIpc) is 2.50. The van der Waals surface area contributed by atoms with Gasteiger partial charge in [-0.05, 0) is 49.2 Å². The van der Waals surface area contributed by atoms with Gasteiger partial charge in [-0.25, -0.2) is 13.1 Å². The van der Waals surface area contributed by atoms with Crippen LogP contribution >= 0.6 is 11.6 Å². The highest BCUT2D eigenvalue weighted by Crippen LogP contribution is 2.20. The molecule has 0 aliphatic rings. The quantitative estimate of drug-likeness (QED) is 0.868. The Morgan fingerprint density at radius 1 is 1.09 bits per heavy atom. The number of benzene rings is 2. The number of carbonyl (C=O) groups excluding carboxylic acids is 1. The number of rotatable bonds is 5. The molecule has 0 saturated heterocycles. The number of amides is 1. The zero-order valence-electron chi connectivity index (χ0n) is 12.8. The van der Waals surface area contributed by atoms with Gasteiger partial charge in [0.1, 0.15) is 0 Å². The molecular formula is C16H17ClN2O3S. The van der Waals surface area contributed by atoms with Crippen LogP contribution in [0.4, 0.5) is 5.69 Å². The Hall–Kier alpha value is -1.89. The Morgan fingerprint density at radius 2 is 1.78 bits per heavy atom. The lowest BCUT2D eigenvalue weighted by atomic mass is 10.1. The number of aryl methyl sites for hydroxylation is 2. The lowest BCUT2D eigenvalue weighted by Crippen LogP contribution is -2.33. The maximum absolute atomic E-state index is 12.2. The van der Waals surface area contributed by atoms with Gasteiger partial charge in [0.25, 0.3) is 0 Å². The molecule has 0 bridgehead atoms. The summed E-state index contributed by atoms with van der Waals surface area (Å²) in [6.07, 6.45) is 0. The van der Waals surface area contributed by atoms with Crippen molar-refractivity contribution in [2.45, 2.75) is 18.7 Å². The van der Waals surface area contributed by atoms with E-state index in [4.69, 9.17) is 11.6 Å². The standard InChI is InChI=1S/C16H17ClN2O3S/c1-11-7-8-13(9-12(11)2)23(21,22)18-10-16(20)19-15-6-4-3-5-14(15)17/h3-9,18H,10H2,1-2H3,(H,19,20).